The number of nitrogens with one attached hydrogen (secondary N) is 1. The maximum atomic E-state index is 13.4. The molecule has 0 bridgehead atoms. The van der Waals surface area contributed by atoms with Crippen molar-refractivity contribution in [2.24, 2.45) is 0 Å². The lowest BCUT2D eigenvalue weighted by Gasteiger charge is -2.22. The molecule has 0 radical (unpaired) electrons. The predicted octanol–water partition coefficient (Wildman–Crippen LogP) is 4.17. The second kappa shape index (κ2) is 5.69. The fourth-order valence-corrected chi connectivity index (χ4v) is 2.02. The van der Waals surface area contributed by atoms with E-state index in [1.165, 1.54) is 6.07 Å². The average molecular weight is 318 g/mol. The van der Waals surface area contributed by atoms with Crippen LogP contribution in [0.4, 0.5) is 9.18 Å². The van der Waals surface area contributed by atoms with Gasteiger partial charge in [-0.05, 0) is 55.3 Å². The van der Waals surface area contributed by atoms with Gasteiger partial charge >= 0.3 is 6.09 Å². The summed E-state index contributed by atoms with van der Waals surface area (Å²) in [7, 11) is 0. The van der Waals surface area contributed by atoms with Crippen molar-refractivity contribution in [3.8, 4) is 0 Å². The first-order valence-corrected chi connectivity index (χ1v) is 6.43. The Kier molecular flexibility index (Phi) is 4.73. The number of hydrogen-bond donors (Lipinski definition) is 1. The lowest BCUT2D eigenvalue weighted by Crippen LogP contribution is -2.34. The molecular weight excluding hydrogens is 301 g/mol. The predicted molar refractivity (Wildman–Crippen MR) is 71.9 cm³/mol. The van der Waals surface area contributed by atoms with E-state index in [9.17, 15) is 9.18 Å². The van der Waals surface area contributed by atoms with E-state index in [-0.39, 0.29) is 11.9 Å². The number of carbonyl (C=O) groups is 1. The summed E-state index contributed by atoms with van der Waals surface area (Å²) < 4.78 is 18.9. The molecule has 0 spiro atoms. The number of halogens is 2. The Hall–Kier alpha value is -1.10. The molecule has 0 aliphatic rings. The molecule has 0 aliphatic carbocycles. The number of ether oxygens (including phenoxy) is 1. The van der Waals surface area contributed by atoms with Gasteiger partial charge in [0.25, 0.3) is 0 Å². The smallest absolute Gasteiger partial charge is 0.408 e. The molecule has 18 heavy (non-hydrogen) atoms. The fourth-order valence-electron chi connectivity index (χ4n) is 1.42. The lowest BCUT2D eigenvalue weighted by atomic mass is 10.1. The Balaban J connectivity index is 2.74. The highest BCUT2D eigenvalue weighted by Gasteiger charge is 2.19. The molecule has 0 saturated carbocycles. The van der Waals surface area contributed by atoms with Gasteiger partial charge in [-0.2, -0.15) is 0 Å². The van der Waals surface area contributed by atoms with Gasteiger partial charge in [0.05, 0.1) is 10.5 Å². The molecule has 0 saturated heterocycles. The Morgan fingerprint density at radius 3 is 2.61 bits per heavy atom. The summed E-state index contributed by atoms with van der Waals surface area (Å²) in [6, 6.07) is 4.36. The molecule has 0 aromatic heterocycles. The number of alkyl carbamates (subject to hydrolysis) is 1. The van der Waals surface area contributed by atoms with Crippen LogP contribution in [0.15, 0.2) is 22.7 Å². The van der Waals surface area contributed by atoms with Crippen LogP contribution in [-0.4, -0.2) is 11.7 Å². The summed E-state index contributed by atoms with van der Waals surface area (Å²) in [4.78, 5) is 11.6. The zero-order chi connectivity index (χ0) is 13.9. The monoisotopic (exact) mass is 317 g/mol. The van der Waals surface area contributed by atoms with Gasteiger partial charge in [-0.3, -0.25) is 0 Å². The van der Waals surface area contributed by atoms with Gasteiger partial charge in [-0.25, -0.2) is 9.18 Å². The highest BCUT2D eigenvalue weighted by molar-refractivity contribution is 9.10. The molecule has 100 valence electrons. The van der Waals surface area contributed by atoms with Crippen LogP contribution < -0.4 is 5.32 Å². The van der Waals surface area contributed by atoms with E-state index in [4.69, 9.17) is 4.74 Å². The number of benzene rings is 1. The Morgan fingerprint density at radius 2 is 2.06 bits per heavy atom. The van der Waals surface area contributed by atoms with E-state index in [2.05, 4.69) is 21.2 Å². The third-order valence-corrected chi connectivity index (χ3v) is 3.02. The van der Waals surface area contributed by atoms with Crippen molar-refractivity contribution in [2.75, 3.05) is 0 Å². The molecule has 5 heteroatoms. The van der Waals surface area contributed by atoms with Gasteiger partial charge in [-0.1, -0.05) is 12.1 Å². The Bertz CT molecular complexity index is 443. The third-order valence-electron chi connectivity index (χ3n) is 2.18. The maximum absolute atomic E-state index is 13.4. The third kappa shape index (κ3) is 4.29. The summed E-state index contributed by atoms with van der Waals surface area (Å²) in [6.45, 7) is 7.13. The van der Waals surface area contributed by atoms with E-state index >= 15 is 0 Å². The minimum atomic E-state index is -0.553. The topological polar surface area (TPSA) is 38.3 Å². The molecule has 1 atom stereocenters. The van der Waals surface area contributed by atoms with E-state index in [1.807, 2.05) is 0 Å². The number of rotatable bonds is 2. The normalized spacial score (nSPS) is 13.0. The minimum Gasteiger partial charge on any atom is -0.444 e. The minimum absolute atomic E-state index is 0.343. The first kappa shape index (κ1) is 15.0. The van der Waals surface area contributed by atoms with Crippen LogP contribution in [0.5, 0.6) is 0 Å². The Labute approximate surface area is 115 Å². The second-order valence-electron chi connectivity index (χ2n) is 5.01. The van der Waals surface area contributed by atoms with Crippen LogP contribution in [0.2, 0.25) is 0 Å². The molecule has 1 amide bonds. The van der Waals surface area contributed by atoms with E-state index in [0.717, 1.165) is 0 Å². The largest absolute Gasteiger partial charge is 0.444 e. The quantitative estimate of drug-likeness (QED) is 0.888. The van der Waals surface area contributed by atoms with Crippen LogP contribution in [-0.2, 0) is 4.74 Å². The number of hydrogen-bond acceptors (Lipinski definition) is 2. The molecule has 0 heterocycles. The van der Waals surface area contributed by atoms with E-state index < -0.39 is 11.7 Å². The average Bonchev–Trinajstić information content (AvgIpc) is 2.18. The fraction of sp³-hybridized carbons (Fsp3) is 0.462. The molecule has 3 nitrogen and oxygen atoms in total. The molecular formula is C13H17BrFNO2. The molecule has 0 aliphatic heterocycles. The summed E-state index contributed by atoms with van der Waals surface area (Å²) >= 11 is 3.17. The van der Waals surface area contributed by atoms with E-state index in [1.54, 1.807) is 39.8 Å². The van der Waals surface area contributed by atoms with Gasteiger partial charge in [-0.15, -0.1) is 0 Å². The zero-order valence-corrected chi connectivity index (χ0v) is 12.5. The summed E-state index contributed by atoms with van der Waals surface area (Å²) in [5, 5.41) is 2.66. The Morgan fingerprint density at radius 1 is 1.44 bits per heavy atom. The van der Waals surface area contributed by atoms with Gasteiger partial charge in [0.15, 0.2) is 0 Å². The van der Waals surface area contributed by atoms with Gasteiger partial charge in [0.1, 0.15) is 11.4 Å². The maximum Gasteiger partial charge on any atom is 0.408 e. The van der Waals surface area contributed by atoms with Gasteiger partial charge in [0.2, 0.25) is 0 Å². The standard InChI is InChI=1S/C13H17BrFNO2/c1-8(16-12(17)18-13(2,3)4)9-6-5-7-10(15)11(9)14/h5-8H,1-4H3,(H,16,17)/t8-/m0/s1. The lowest BCUT2D eigenvalue weighted by molar-refractivity contribution is 0.0507. The summed E-state index contributed by atoms with van der Waals surface area (Å²) in [5.41, 5.74) is 0.115. The van der Waals surface area contributed by atoms with Crippen LogP contribution in [0.3, 0.4) is 0 Å². The molecule has 0 fully saturated rings. The number of amides is 1. The highest BCUT2D eigenvalue weighted by atomic mass is 79.9. The van der Waals surface area contributed by atoms with Crippen LogP contribution in [0.25, 0.3) is 0 Å². The van der Waals surface area contributed by atoms with Crippen molar-refractivity contribution < 1.29 is 13.9 Å². The number of carbonyl (C=O) groups excluding carboxylic acids is 1. The van der Waals surface area contributed by atoms with Crippen molar-refractivity contribution in [1.82, 2.24) is 5.32 Å². The van der Waals surface area contributed by atoms with Crippen LogP contribution in [0.1, 0.15) is 39.3 Å². The van der Waals surface area contributed by atoms with Crippen molar-refractivity contribution in [3.05, 3.63) is 34.1 Å². The summed E-state index contributed by atoms with van der Waals surface area (Å²) in [6.07, 6.45) is -0.522. The van der Waals surface area contributed by atoms with Gasteiger partial charge < -0.3 is 10.1 Å². The molecule has 1 rings (SSSR count). The van der Waals surface area contributed by atoms with Gasteiger partial charge in [0, 0.05) is 0 Å². The highest BCUT2D eigenvalue weighted by Crippen LogP contribution is 2.26. The van der Waals surface area contributed by atoms with Crippen molar-refractivity contribution in [2.45, 2.75) is 39.3 Å². The first-order valence-electron chi connectivity index (χ1n) is 5.64. The summed E-state index contributed by atoms with van der Waals surface area (Å²) in [5.74, 6) is -0.356. The second-order valence-corrected chi connectivity index (χ2v) is 5.80. The van der Waals surface area contributed by atoms with Crippen molar-refractivity contribution in [1.29, 1.82) is 0 Å². The van der Waals surface area contributed by atoms with E-state index in [0.29, 0.717) is 10.0 Å². The molecule has 1 N–H and O–H groups in total. The SMILES string of the molecule is C[C@H](NC(=O)OC(C)(C)C)c1cccc(F)c1Br. The zero-order valence-electron chi connectivity index (χ0n) is 10.9. The first-order chi connectivity index (χ1) is 8.20. The molecule has 1 aromatic carbocycles. The van der Waals surface area contributed by atoms with Crippen molar-refractivity contribution in [3.63, 3.8) is 0 Å². The molecule has 0 unspecified atom stereocenters. The molecule has 1 aromatic rings. The van der Waals surface area contributed by atoms with Crippen LogP contribution in [0, 0.1) is 5.82 Å². The van der Waals surface area contributed by atoms with Crippen molar-refractivity contribution >= 4 is 22.0 Å². The van der Waals surface area contributed by atoms with Crippen LogP contribution >= 0.6 is 15.9 Å².